The van der Waals surface area contributed by atoms with Crippen LogP contribution in [0.1, 0.15) is 42.6 Å². The Balaban J connectivity index is 1.50. The lowest BCUT2D eigenvalue weighted by Crippen LogP contribution is -2.55. The summed E-state index contributed by atoms with van der Waals surface area (Å²) >= 11 is 0. The Hall–Kier alpha value is -1.39. The van der Waals surface area contributed by atoms with Crippen molar-refractivity contribution in [1.29, 1.82) is 0 Å². The molecule has 96 valence electrons. The van der Waals surface area contributed by atoms with Gasteiger partial charge in [0.15, 0.2) is 5.69 Å². The standard InChI is InChI=1S/C13H18N4O/c18-13(11-6-14-17-16-11)15-12-9-2-7-1-8(4-9)5-10(12)3-7/h6-10,12H,1-5H2,(H,15,18)(H,14,16,17). The van der Waals surface area contributed by atoms with E-state index in [0.29, 0.717) is 23.6 Å². The summed E-state index contributed by atoms with van der Waals surface area (Å²) in [6.45, 7) is 0. The second kappa shape index (κ2) is 3.80. The van der Waals surface area contributed by atoms with E-state index in [1.165, 1.54) is 38.3 Å². The zero-order valence-corrected chi connectivity index (χ0v) is 10.3. The largest absolute Gasteiger partial charge is 0.347 e. The molecule has 4 bridgehead atoms. The zero-order valence-electron chi connectivity index (χ0n) is 10.3. The Morgan fingerprint density at radius 1 is 1.17 bits per heavy atom. The van der Waals surface area contributed by atoms with Crippen LogP contribution >= 0.6 is 0 Å². The van der Waals surface area contributed by atoms with Gasteiger partial charge < -0.3 is 5.32 Å². The fraction of sp³-hybridized carbons (Fsp3) is 0.769. The third-order valence-corrected chi connectivity index (χ3v) is 5.17. The van der Waals surface area contributed by atoms with Crippen LogP contribution in [0.4, 0.5) is 0 Å². The Bertz CT molecular complexity index is 428. The van der Waals surface area contributed by atoms with Crippen LogP contribution in [0.3, 0.4) is 0 Å². The average Bonchev–Trinajstić information content (AvgIpc) is 2.86. The second-order valence-electron chi connectivity index (χ2n) is 6.29. The van der Waals surface area contributed by atoms with Crippen molar-refractivity contribution in [2.24, 2.45) is 23.7 Å². The van der Waals surface area contributed by atoms with E-state index < -0.39 is 0 Å². The number of hydrogen-bond acceptors (Lipinski definition) is 3. The molecule has 5 nitrogen and oxygen atoms in total. The Morgan fingerprint density at radius 3 is 2.39 bits per heavy atom. The van der Waals surface area contributed by atoms with E-state index >= 15 is 0 Å². The average molecular weight is 246 g/mol. The molecule has 1 amide bonds. The van der Waals surface area contributed by atoms with Gasteiger partial charge in [0.05, 0.1) is 6.20 Å². The molecule has 5 heteroatoms. The molecule has 0 unspecified atom stereocenters. The molecule has 0 radical (unpaired) electrons. The van der Waals surface area contributed by atoms with Crippen molar-refractivity contribution in [1.82, 2.24) is 20.7 Å². The molecule has 18 heavy (non-hydrogen) atoms. The number of aromatic nitrogens is 3. The van der Waals surface area contributed by atoms with Crippen molar-refractivity contribution in [3.05, 3.63) is 11.9 Å². The van der Waals surface area contributed by atoms with Crippen molar-refractivity contribution < 1.29 is 4.79 Å². The number of aromatic amines is 1. The van der Waals surface area contributed by atoms with Gasteiger partial charge in [0.2, 0.25) is 0 Å². The summed E-state index contributed by atoms with van der Waals surface area (Å²) in [4.78, 5) is 12.1. The van der Waals surface area contributed by atoms with E-state index in [1.807, 2.05) is 0 Å². The SMILES string of the molecule is O=C(NC1C2CC3CC(C2)CC1C3)c1cn[nH]n1. The zero-order chi connectivity index (χ0) is 12.1. The summed E-state index contributed by atoms with van der Waals surface area (Å²) in [5.74, 6) is 3.22. The number of H-pyrrole nitrogens is 1. The first kappa shape index (κ1) is 10.5. The van der Waals surface area contributed by atoms with Crippen molar-refractivity contribution in [3.8, 4) is 0 Å². The molecule has 1 heterocycles. The number of nitrogens with one attached hydrogen (secondary N) is 2. The van der Waals surface area contributed by atoms with Crippen LogP contribution in [0.2, 0.25) is 0 Å². The normalized spacial score (nSPS) is 41.0. The highest BCUT2D eigenvalue weighted by Crippen LogP contribution is 2.53. The summed E-state index contributed by atoms with van der Waals surface area (Å²) in [7, 11) is 0. The Morgan fingerprint density at radius 2 is 1.83 bits per heavy atom. The van der Waals surface area contributed by atoms with Crippen LogP contribution in [0.15, 0.2) is 6.20 Å². The topological polar surface area (TPSA) is 70.7 Å². The van der Waals surface area contributed by atoms with Crippen molar-refractivity contribution in [2.45, 2.75) is 38.1 Å². The van der Waals surface area contributed by atoms with Crippen LogP contribution in [-0.4, -0.2) is 27.4 Å². The van der Waals surface area contributed by atoms with Gasteiger partial charge in [0.25, 0.3) is 5.91 Å². The van der Waals surface area contributed by atoms with Crippen molar-refractivity contribution in [2.75, 3.05) is 0 Å². The first-order chi connectivity index (χ1) is 8.79. The highest BCUT2D eigenvalue weighted by Gasteiger charge is 2.48. The minimum absolute atomic E-state index is 0.0683. The molecular formula is C13H18N4O. The Labute approximate surface area is 106 Å². The molecule has 5 rings (SSSR count). The van der Waals surface area contributed by atoms with Crippen LogP contribution in [-0.2, 0) is 0 Å². The number of carbonyl (C=O) groups is 1. The van der Waals surface area contributed by atoms with Gasteiger partial charge in [-0.2, -0.15) is 15.4 Å². The van der Waals surface area contributed by atoms with Crippen LogP contribution in [0.5, 0.6) is 0 Å². The van der Waals surface area contributed by atoms with Gasteiger partial charge in [0, 0.05) is 6.04 Å². The van der Waals surface area contributed by atoms with E-state index in [2.05, 4.69) is 20.7 Å². The fourth-order valence-corrected chi connectivity index (χ4v) is 4.70. The molecule has 4 aliphatic rings. The van der Waals surface area contributed by atoms with Gasteiger partial charge in [-0.25, -0.2) is 0 Å². The summed E-state index contributed by atoms with van der Waals surface area (Å²) in [5.41, 5.74) is 0.406. The van der Waals surface area contributed by atoms with Crippen LogP contribution in [0, 0.1) is 23.7 Å². The third kappa shape index (κ3) is 1.56. The lowest BCUT2D eigenvalue weighted by atomic mass is 9.54. The van der Waals surface area contributed by atoms with E-state index in [-0.39, 0.29) is 5.91 Å². The Kier molecular flexibility index (Phi) is 2.22. The van der Waals surface area contributed by atoms with Crippen LogP contribution in [0.25, 0.3) is 0 Å². The lowest BCUT2D eigenvalue weighted by molar-refractivity contribution is -0.0120. The predicted molar refractivity (Wildman–Crippen MR) is 64.7 cm³/mol. The minimum atomic E-state index is -0.0683. The lowest BCUT2D eigenvalue weighted by Gasteiger charge is -2.54. The van der Waals surface area contributed by atoms with Gasteiger partial charge >= 0.3 is 0 Å². The molecule has 0 aromatic carbocycles. The van der Waals surface area contributed by atoms with Gasteiger partial charge in [-0.3, -0.25) is 4.79 Å². The van der Waals surface area contributed by atoms with E-state index in [1.54, 1.807) is 0 Å². The number of carbonyl (C=O) groups excluding carboxylic acids is 1. The van der Waals surface area contributed by atoms with Gasteiger partial charge in [0.1, 0.15) is 0 Å². The van der Waals surface area contributed by atoms with Gasteiger partial charge in [-0.1, -0.05) is 0 Å². The summed E-state index contributed by atoms with van der Waals surface area (Å²) in [5, 5.41) is 13.2. The maximum Gasteiger partial charge on any atom is 0.273 e. The molecule has 2 N–H and O–H groups in total. The predicted octanol–water partition coefficient (Wildman–Crippen LogP) is 1.36. The van der Waals surface area contributed by atoms with Gasteiger partial charge in [-0.15, -0.1) is 0 Å². The molecule has 0 atom stereocenters. The molecule has 4 fully saturated rings. The maximum atomic E-state index is 12.1. The number of hydrogen-bond donors (Lipinski definition) is 2. The van der Waals surface area contributed by atoms with E-state index in [0.717, 1.165) is 11.8 Å². The van der Waals surface area contributed by atoms with Gasteiger partial charge in [-0.05, 0) is 55.8 Å². The monoisotopic (exact) mass is 246 g/mol. The maximum absolute atomic E-state index is 12.1. The van der Waals surface area contributed by atoms with Crippen molar-refractivity contribution in [3.63, 3.8) is 0 Å². The molecular weight excluding hydrogens is 228 g/mol. The molecule has 4 aliphatic carbocycles. The first-order valence-corrected chi connectivity index (χ1v) is 6.96. The molecule has 0 aliphatic heterocycles. The third-order valence-electron chi connectivity index (χ3n) is 5.17. The van der Waals surface area contributed by atoms with Crippen molar-refractivity contribution >= 4 is 5.91 Å². The number of nitrogens with zero attached hydrogens (tertiary/aromatic N) is 2. The summed E-state index contributed by atoms with van der Waals surface area (Å²) in [6, 6.07) is 0.377. The molecule has 0 saturated heterocycles. The van der Waals surface area contributed by atoms with Crippen LogP contribution < -0.4 is 5.32 Å². The molecule has 1 aromatic rings. The van der Waals surface area contributed by atoms with E-state index in [9.17, 15) is 4.79 Å². The van der Waals surface area contributed by atoms with E-state index in [4.69, 9.17) is 0 Å². The molecule has 4 saturated carbocycles. The fourth-order valence-electron chi connectivity index (χ4n) is 4.70. The first-order valence-electron chi connectivity index (χ1n) is 6.96. The molecule has 1 aromatic heterocycles. The number of rotatable bonds is 2. The molecule has 0 spiro atoms. The highest BCUT2D eigenvalue weighted by molar-refractivity contribution is 5.92. The summed E-state index contributed by atoms with van der Waals surface area (Å²) in [6.07, 6.45) is 8.20. The smallest absolute Gasteiger partial charge is 0.273 e. The second-order valence-corrected chi connectivity index (χ2v) is 6.29. The highest BCUT2D eigenvalue weighted by atomic mass is 16.2. The quantitative estimate of drug-likeness (QED) is 0.827. The minimum Gasteiger partial charge on any atom is -0.347 e. The summed E-state index contributed by atoms with van der Waals surface area (Å²) < 4.78 is 0. The number of amides is 1.